The van der Waals surface area contributed by atoms with Crippen LogP contribution < -0.4 is 0 Å². The molecule has 0 spiro atoms. The molecule has 0 N–H and O–H groups in total. The van der Waals surface area contributed by atoms with Crippen LogP contribution in [0.4, 0.5) is 0 Å². The van der Waals surface area contributed by atoms with Gasteiger partial charge in [0.15, 0.2) is 0 Å². The normalized spacial score (nSPS) is 11.3. The van der Waals surface area contributed by atoms with E-state index in [1.165, 1.54) is 0 Å². The Kier molecular flexibility index (Phi) is 5.72. The molecule has 0 aliphatic rings. The van der Waals surface area contributed by atoms with Gasteiger partial charge in [0.1, 0.15) is 0 Å². The molecule has 0 bridgehead atoms. The molecule has 0 nitrogen and oxygen atoms in total. The Hall–Kier alpha value is 0.580. The molecular weight excluding hydrogens is 155 g/mol. The Balaban J connectivity index is 3.31. The summed E-state index contributed by atoms with van der Waals surface area (Å²) in [5.74, 6) is 2.62. The van der Waals surface area contributed by atoms with Gasteiger partial charge in [-0.1, -0.05) is 13.8 Å². The average molecular weight is 169 g/mol. The fourth-order valence-electron chi connectivity index (χ4n) is 0.834. The van der Waals surface area contributed by atoms with Crippen molar-refractivity contribution in [2.45, 2.75) is 20.3 Å². The van der Waals surface area contributed by atoms with Crippen molar-refractivity contribution in [1.29, 1.82) is 0 Å². The molecule has 0 aromatic rings. The molecule has 0 unspecified atom stereocenters. The second kappa shape index (κ2) is 5.37. The molecule has 0 fully saturated rings. The maximum absolute atomic E-state index is 5.63. The first-order valence-electron chi connectivity index (χ1n) is 3.32. The van der Waals surface area contributed by atoms with E-state index in [-0.39, 0.29) is 0 Å². The molecule has 0 aliphatic heterocycles. The lowest BCUT2D eigenvalue weighted by Crippen LogP contribution is -2.07. The second-order valence-electron chi connectivity index (χ2n) is 2.80. The van der Waals surface area contributed by atoms with Crippen LogP contribution in [0.5, 0.6) is 0 Å². The number of rotatable bonds is 4. The number of halogens is 2. The molecule has 9 heavy (non-hydrogen) atoms. The van der Waals surface area contributed by atoms with Gasteiger partial charge in [0.2, 0.25) is 0 Å². The first-order chi connectivity index (χ1) is 4.20. The molecule has 0 atom stereocenters. The minimum Gasteiger partial charge on any atom is -0.126 e. The summed E-state index contributed by atoms with van der Waals surface area (Å²) in [5.41, 5.74) is 0. The van der Waals surface area contributed by atoms with Crippen LogP contribution in [-0.4, -0.2) is 11.8 Å². The molecule has 56 valence electrons. The van der Waals surface area contributed by atoms with Crippen molar-refractivity contribution in [2.24, 2.45) is 11.8 Å². The fourth-order valence-corrected chi connectivity index (χ4v) is 1.42. The highest BCUT2D eigenvalue weighted by Crippen LogP contribution is 2.14. The first-order valence-corrected chi connectivity index (χ1v) is 4.39. The molecule has 0 aromatic carbocycles. The van der Waals surface area contributed by atoms with Gasteiger partial charge in [-0.05, 0) is 18.3 Å². The number of hydrogen-bond acceptors (Lipinski definition) is 0. The average Bonchev–Trinajstić information content (AvgIpc) is 1.82. The quantitative estimate of drug-likeness (QED) is 0.567. The van der Waals surface area contributed by atoms with Crippen LogP contribution in [0.2, 0.25) is 0 Å². The second-order valence-corrected chi connectivity index (χ2v) is 3.42. The van der Waals surface area contributed by atoms with E-state index in [0.29, 0.717) is 23.6 Å². The van der Waals surface area contributed by atoms with Gasteiger partial charge < -0.3 is 0 Å². The van der Waals surface area contributed by atoms with Crippen molar-refractivity contribution in [3.8, 4) is 0 Å². The summed E-state index contributed by atoms with van der Waals surface area (Å²) in [6.45, 7) is 4.37. The van der Waals surface area contributed by atoms with Crippen molar-refractivity contribution < 1.29 is 0 Å². The van der Waals surface area contributed by atoms with Gasteiger partial charge in [-0.3, -0.25) is 0 Å². The monoisotopic (exact) mass is 168 g/mol. The van der Waals surface area contributed by atoms with E-state index in [4.69, 9.17) is 23.2 Å². The van der Waals surface area contributed by atoms with E-state index in [2.05, 4.69) is 13.8 Å². The topological polar surface area (TPSA) is 0 Å². The van der Waals surface area contributed by atoms with Crippen LogP contribution in [0, 0.1) is 11.8 Å². The van der Waals surface area contributed by atoms with Crippen LogP contribution in [-0.2, 0) is 0 Å². The van der Waals surface area contributed by atoms with E-state index >= 15 is 0 Å². The molecule has 0 radical (unpaired) electrons. The van der Waals surface area contributed by atoms with Gasteiger partial charge in [-0.25, -0.2) is 0 Å². The molecule has 0 amide bonds. The van der Waals surface area contributed by atoms with E-state index in [1.807, 2.05) is 0 Å². The third-order valence-electron chi connectivity index (χ3n) is 1.24. The predicted molar refractivity (Wildman–Crippen MR) is 44.4 cm³/mol. The van der Waals surface area contributed by atoms with E-state index in [9.17, 15) is 0 Å². The zero-order valence-electron chi connectivity index (χ0n) is 6.03. The van der Waals surface area contributed by atoms with Crippen molar-refractivity contribution in [1.82, 2.24) is 0 Å². The van der Waals surface area contributed by atoms with Crippen LogP contribution in [0.3, 0.4) is 0 Å². The Morgan fingerprint density at radius 2 is 1.56 bits per heavy atom. The van der Waals surface area contributed by atoms with Crippen LogP contribution in [0.15, 0.2) is 0 Å². The number of alkyl halides is 2. The standard InChI is InChI=1S/C7H14Cl2/c1-6(2)3-7(4-8)5-9/h6-7H,3-5H2,1-2H3. The minimum atomic E-state index is 0.508. The van der Waals surface area contributed by atoms with Crippen LogP contribution in [0.25, 0.3) is 0 Å². The fraction of sp³-hybridized carbons (Fsp3) is 1.00. The summed E-state index contributed by atoms with van der Waals surface area (Å²) >= 11 is 11.3. The smallest absolute Gasteiger partial charge is 0.0263 e. The maximum atomic E-state index is 5.63. The van der Waals surface area contributed by atoms with Gasteiger partial charge in [0.05, 0.1) is 0 Å². The van der Waals surface area contributed by atoms with Crippen molar-refractivity contribution >= 4 is 23.2 Å². The maximum Gasteiger partial charge on any atom is 0.0263 e. The summed E-state index contributed by atoms with van der Waals surface area (Å²) < 4.78 is 0. The largest absolute Gasteiger partial charge is 0.126 e. The molecule has 0 heterocycles. The Bertz CT molecular complexity index is 57.9. The molecule has 2 heteroatoms. The zero-order valence-corrected chi connectivity index (χ0v) is 7.54. The molecule has 0 rings (SSSR count). The highest BCUT2D eigenvalue weighted by atomic mass is 35.5. The Labute approximate surface area is 67.5 Å². The van der Waals surface area contributed by atoms with E-state index < -0.39 is 0 Å². The zero-order chi connectivity index (χ0) is 7.28. The lowest BCUT2D eigenvalue weighted by atomic mass is 10.0. The van der Waals surface area contributed by atoms with Gasteiger partial charge in [0.25, 0.3) is 0 Å². The lowest BCUT2D eigenvalue weighted by Gasteiger charge is -2.11. The third-order valence-corrected chi connectivity index (χ3v) is 2.11. The van der Waals surface area contributed by atoms with Gasteiger partial charge in [0, 0.05) is 11.8 Å². The third kappa shape index (κ3) is 5.05. The highest BCUT2D eigenvalue weighted by molar-refractivity contribution is 6.20. The molecule has 0 saturated carbocycles. The van der Waals surface area contributed by atoms with E-state index in [1.54, 1.807) is 0 Å². The van der Waals surface area contributed by atoms with Gasteiger partial charge >= 0.3 is 0 Å². The lowest BCUT2D eigenvalue weighted by molar-refractivity contribution is 0.476. The predicted octanol–water partition coefficient (Wildman–Crippen LogP) is 3.13. The summed E-state index contributed by atoms with van der Waals surface area (Å²) in [6, 6.07) is 0. The molecule has 0 aromatic heterocycles. The molecule has 0 aliphatic carbocycles. The van der Waals surface area contributed by atoms with Gasteiger partial charge in [-0.15, -0.1) is 23.2 Å². The SMILES string of the molecule is CC(C)CC(CCl)CCl. The summed E-state index contributed by atoms with van der Waals surface area (Å²) in [7, 11) is 0. The minimum absolute atomic E-state index is 0.508. The highest BCUT2D eigenvalue weighted by Gasteiger charge is 2.06. The molecular formula is C7H14Cl2. The van der Waals surface area contributed by atoms with Crippen molar-refractivity contribution in [3.05, 3.63) is 0 Å². The van der Waals surface area contributed by atoms with E-state index in [0.717, 1.165) is 6.42 Å². The van der Waals surface area contributed by atoms with Crippen LogP contribution in [0.1, 0.15) is 20.3 Å². The Morgan fingerprint density at radius 3 is 1.67 bits per heavy atom. The summed E-state index contributed by atoms with van der Waals surface area (Å²) in [5, 5.41) is 0. The molecule has 0 saturated heterocycles. The Morgan fingerprint density at radius 1 is 1.11 bits per heavy atom. The number of hydrogen-bond donors (Lipinski definition) is 0. The first kappa shape index (κ1) is 9.58. The van der Waals surface area contributed by atoms with Gasteiger partial charge in [-0.2, -0.15) is 0 Å². The summed E-state index contributed by atoms with van der Waals surface area (Å²) in [6.07, 6.45) is 1.15. The summed E-state index contributed by atoms with van der Waals surface area (Å²) in [4.78, 5) is 0. The van der Waals surface area contributed by atoms with Crippen molar-refractivity contribution in [3.63, 3.8) is 0 Å². The van der Waals surface area contributed by atoms with Crippen molar-refractivity contribution in [2.75, 3.05) is 11.8 Å². The van der Waals surface area contributed by atoms with Crippen LogP contribution >= 0.6 is 23.2 Å².